The van der Waals surface area contributed by atoms with E-state index >= 15 is 0 Å². The molecule has 0 heterocycles. The molecule has 0 saturated heterocycles. The van der Waals surface area contributed by atoms with Gasteiger partial charge < -0.3 is 15.8 Å². The van der Waals surface area contributed by atoms with E-state index < -0.39 is 12.1 Å². The number of nitrogens with one attached hydrogen (secondary N) is 1. The maximum absolute atomic E-state index is 10.8. The molecule has 0 bridgehead atoms. The summed E-state index contributed by atoms with van der Waals surface area (Å²) in [4.78, 5) is 20.9. The summed E-state index contributed by atoms with van der Waals surface area (Å²) in [6.07, 6.45) is -0.705. The molecule has 1 aromatic rings. The van der Waals surface area contributed by atoms with Gasteiger partial charge >= 0.3 is 0 Å². The monoisotopic (exact) mass is 208 g/mol. The fraction of sp³-hybridized carbons (Fsp3) is 0.200. The first-order chi connectivity index (χ1) is 7.24. The second-order valence-electron chi connectivity index (χ2n) is 2.86. The van der Waals surface area contributed by atoms with Crippen LogP contribution in [0.1, 0.15) is 5.56 Å². The number of carbonyl (C=O) groups is 2. The molecule has 0 fully saturated rings. The Morgan fingerprint density at radius 1 is 1.47 bits per heavy atom. The van der Waals surface area contributed by atoms with E-state index in [-0.39, 0.29) is 6.61 Å². The predicted octanol–water partition coefficient (Wildman–Crippen LogP) is -0.239. The first-order valence-electron chi connectivity index (χ1n) is 4.38. The molecular formula is C10H12N2O3. The standard InChI is InChI=1S/C10H12N2O3/c11-9(14)10(12-7-13)15-6-8-4-2-1-3-5-8/h1-5,7,10H,6H2,(H2,11,14)(H,12,13). The predicted molar refractivity (Wildman–Crippen MR) is 53.4 cm³/mol. The summed E-state index contributed by atoms with van der Waals surface area (Å²) in [6, 6.07) is 9.27. The average Bonchev–Trinajstić information content (AvgIpc) is 2.25. The first kappa shape index (κ1) is 11.2. The lowest BCUT2D eigenvalue weighted by atomic mass is 10.2. The van der Waals surface area contributed by atoms with Crippen LogP contribution in [0.2, 0.25) is 0 Å². The van der Waals surface area contributed by atoms with Crippen LogP contribution in [0.15, 0.2) is 30.3 Å². The summed E-state index contributed by atoms with van der Waals surface area (Å²) in [5.41, 5.74) is 5.90. The Hall–Kier alpha value is -1.88. The minimum absolute atomic E-state index is 0.218. The third-order valence-corrected chi connectivity index (χ3v) is 1.74. The zero-order valence-corrected chi connectivity index (χ0v) is 8.05. The zero-order valence-electron chi connectivity index (χ0n) is 8.05. The number of benzene rings is 1. The molecule has 5 nitrogen and oxygen atoms in total. The van der Waals surface area contributed by atoms with Crippen molar-refractivity contribution in [3.63, 3.8) is 0 Å². The summed E-state index contributed by atoms with van der Waals surface area (Å²) >= 11 is 0. The third kappa shape index (κ3) is 3.78. The second-order valence-corrected chi connectivity index (χ2v) is 2.86. The molecular weight excluding hydrogens is 196 g/mol. The largest absolute Gasteiger partial charge is 0.366 e. The van der Waals surface area contributed by atoms with Gasteiger partial charge in [-0.25, -0.2) is 0 Å². The molecule has 0 aliphatic heterocycles. The number of ether oxygens (including phenoxy) is 1. The fourth-order valence-corrected chi connectivity index (χ4v) is 1.03. The maximum Gasteiger partial charge on any atom is 0.267 e. The van der Waals surface area contributed by atoms with Gasteiger partial charge in [-0.1, -0.05) is 30.3 Å². The van der Waals surface area contributed by atoms with Gasteiger partial charge in [0.05, 0.1) is 6.61 Å². The number of hydrogen-bond donors (Lipinski definition) is 2. The van der Waals surface area contributed by atoms with Gasteiger partial charge in [0.25, 0.3) is 5.91 Å². The van der Waals surface area contributed by atoms with Gasteiger partial charge in [0.1, 0.15) is 0 Å². The Labute approximate surface area is 87.2 Å². The SMILES string of the molecule is NC(=O)C(NC=O)OCc1ccccc1. The van der Waals surface area contributed by atoms with Gasteiger partial charge in [-0.2, -0.15) is 0 Å². The van der Waals surface area contributed by atoms with Crippen molar-refractivity contribution in [2.45, 2.75) is 12.8 Å². The van der Waals surface area contributed by atoms with Crippen LogP contribution < -0.4 is 11.1 Å². The fourth-order valence-electron chi connectivity index (χ4n) is 1.03. The van der Waals surface area contributed by atoms with Crippen LogP contribution in [0.25, 0.3) is 0 Å². The van der Waals surface area contributed by atoms with Crippen LogP contribution in [-0.2, 0) is 20.9 Å². The summed E-state index contributed by atoms with van der Waals surface area (Å²) in [6.45, 7) is 0.218. The highest BCUT2D eigenvalue weighted by molar-refractivity contribution is 5.80. The maximum atomic E-state index is 10.8. The lowest BCUT2D eigenvalue weighted by Crippen LogP contribution is -2.42. The number of hydrogen-bond acceptors (Lipinski definition) is 3. The van der Waals surface area contributed by atoms with E-state index in [2.05, 4.69) is 5.32 Å². The average molecular weight is 208 g/mol. The highest BCUT2D eigenvalue weighted by Gasteiger charge is 2.13. The molecule has 1 atom stereocenters. The number of amides is 2. The molecule has 0 aliphatic carbocycles. The van der Waals surface area contributed by atoms with Crippen LogP contribution in [-0.4, -0.2) is 18.5 Å². The van der Waals surface area contributed by atoms with Crippen molar-refractivity contribution < 1.29 is 14.3 Å². The highest BCUT2D eigenvalue weighted by Crippen LogP contribution is 2.01. The molecule has 0 saturated carbocycles. The Morgan fingerprint density at radius 2 is 2.13 bits per heavy atom. The van der Waals surface area contributed by atoms with Crippen molar-refractivity contribution in [2.75, 3.05) is 0 Å². The summed E-state index contributed by atoms with van der Waals surface area (Å²) in [7, 11) is 0. The van der Waals surface area contributed by atoms with Crippen molar-refractivity contribution >= 4 is 12.3 Å². The van der Waals surface area contributed by atoms with Crippen LogP contribution in [0.4, 0.5) is 0 Å². The highest BCUT2D eigenvalue weighted by atomic mass is 16.5. The minimum atomic E-state index is -1.08. The van der Waals surface area contributed by atoms with Crippen LogP contribution >= 0.6 is 0 Å². The van der Waals surface area contributed by atoms with Gasteiger partial charge in [-0.05, 0) is 5.56 Å². The van der Waals surface area contributed by atoms with Gasteiger partial charge in [-0.3, -0.25) is 9.59 Å². The van der Waals surface area contributed by atoms with Crippen LogP contribution in [0.3, 0.4) is 0 Å². The quantitative estimate of drug-likeness (QED) is 0.500. The number of nitrogens with two attached hydrogens (primary N) is 1. The number of carbonyl (C=O) groups excluding carboxylic acids is 2. The van der Waals surface area contributed by atoms with Crippen LogP contribution in [0, 0.1) is 0 Å². The molecule has 1 rings (SSSR count). The lowest BCUT2D eigenvalue weighted by Gasteiger charge is -2.12. The Kier molecular flexibility index (Phi) is 4.30. The summed E-state index contributed by atoms with van der Waals surface area (Å²) in [5, 5.41) is 2.17. The van der Waals surface area contributed by atoms with E-state index in [1.54, 1.807) is 0 Å². The summed E-state index contributed by atoms with van der Waals surface area (Å²) < 4.78 is 5.11. The van der Waals surface area contributed by atoms with Crippen molar-refractivity contribution in [3.05, 3.63) is 35.9 Å². The van der Waals surface area contributed by atoms with E-state index in [0.29, 0.717) is 6.41 Å². The van der Waals surface area contributed by atoms with Crippen LogP contribution in [0.5, 0.6) is 0 Å². The zero-order chi connectivity index (χ0) is 11.1. The lowest BCUT2D eigenvalue weighted by molar-refractivity contribution is -0.135. The number of primary amides is 1. The Morgan fingerprint density at radius 3 is 2.67 bits per heavy atom. The molecule has 1 aromatic carbocycles. The molecule has 0 aliphatic rings. The molecule has 2 amide bonds. The normalized spacial score (nSPS) is 11.7. The smallest absolute Gasteiger partial charge is 0.267 e. The van der Waals surface area contributed by atoms with E-state index in [0.717, 1.165) is 5.56 Å². The molecule has 15 heavy (non-hydrogen) atoms. The second kappa shape index (κ2) is 5.77. The molecule has 1 unspecified atom stereocenters. The van der Waals surface area contributed by atoms with Gasteiger partial charge in [0.15, 0.2) is 0 Å². The van der Waals surface area contributed by atoms with Gasteiger partial charge in [-0.15, -0.1) is 0 Å². The molecule has 0 aromatic heterocycles. The van der Waals surface area contributed by atoms with Gasteiger partial charge in [0, 0.05) is 0 Å². The first-order valence-corrected chi connectivity index (χ1v) is 4.38. The summed E-state index contributed by atoms with van der Waals surface area (Å²) in [5.74, 6) is -0.724. The Balaban J connectivity index is 2.47. The molecule has 80 valence electrons. The minimum Gasteiger partial charge on any atom is -0.366 e. The molecule has 3 N–H and O–H groups in total. The van der Waals surface area contributed by atoms with Crippen molar-refractivity contribution in [1.82, 2.24) is 5.32 Å². The third-order valence-electron chi connectivity index (χ3n) is 1.74. The van der Waals surface area contributed by atoms with E-state index in [4.69, 9.17) is 10.5 Å². The van der Waals surface area contributed by atoms with Crippen molar-refractivity contribution in [3.8, 4) is 0 Å². The number of rotatable bonds is 6. The molecule has 5 heteroatoms. The van der Waals surface area contributed by atoms with Gasteiger partial charge in [0.2, 0.25) is 12.6 Å². The van der Waals surface area contributed by atoms with E-state index in [1.165, 1.54) is 0 Å². The topological polar surface area (TPSA) is 81.4 Å². The van der Waals surface area contributed by atoms with Crippen molar-refractivity contribution in [2.24, 2.45) is 5.73 Å². The molecule has 0 radical (unpaired) electrons. The molecule has 0 spiro atoms. The Bertz CT molecular complexity index is 327. The van der Waals surface area contributed by atoms with E-state index in [9.17, 15) is 9.59 Å². The van der Waals surface area contributed by atoms with E-state index in [1.807, 2.05) is 30.3 Å². The van der Waals surface area contributed by atoms with Crippen molar-refractivity contribution in [1.29, 1.82) is 0 Å².